The van der Waals surface area contributed by atoms with Crippen LogP contribution >= 0.6 is 0 Å². The number of hydrogen-bond acceptors (Lipinski definition) is 6. The molecule has 0 amide bonds. The lowest BCUT2D eigenvalue weighted by Gasteiger charge is -2.60. The Bertz CT molecular complexity index is 513. The summed E-state index contributed by atoms with van der Waals surface area (Å²) < 4.78 is 0. The van der Waals surface area contributed by atoms with Gasteiger partial charge in [-0.05, 0) is 13.3 Å². The molecule has 0 aromatic rings. The third-order valence-electron chi connectivity index (χ3n) is 6.63. The fourth-order valence-corrected chi connectivity index (χ4v) is 5.80. The van der Waals surface area contributed by atoms with E-state index < -0.39 is 36.4 Å². The van der Waals surface area contributed by atoms with E-state index in [-0.39, 0.29) is 11.6 Å². The van der Waals surface area contributed by atoms with Crippen LogP contribution in [0.5, 0.6) is 0 Å². The Morgan fingerprint density at radius 3 is 2.12 bits per heavy atom. The van der Waals surface area contributed by atoms with E-state index in [1.54, 1.807) is 0 Å². The summed E-state index contributed by atoms with van der Waals surface area (Å²) in [6.45, 7) is 5.92. The van der Waals surface area contributed by atoms with Crippen molar-refractivity contribution in [3.8, 4) is 0 Å². The lowest BCUT2D eigenvalue weighted by molar-refractivity contribution is -1.17. The highest BCUT2D eigenvalue weighted by Crippen LogP contribution is 2.38. The Hall–Kier alpha value is -0.610. The molecule has 4 aliphatic heterocycles. The summed E-state index contributed by atoms with van der Waals surface area (Å²) in [6.07, 6.45) is -4.47. The van der Waals surface area contributed by atoms with Crippen molar-refractivity contribution in [3.05, 3.63) is 0 Å². The molecule has 6 atom stereocenters. The zero-order valence-electron chi connectivity index (χ0n) is 15.0. The molecule has 4 aliphatic rings. The van der Waals surface area contributed by atoms with E-state index in [0.717, 1.165) is 22.6 Å². The Morgan fingerprint density at radius 1 is 1.08 bits per heavy atom. The molecule has 25 heavy (non-hydrogen) atoms. The summed E-state index contributed by atoms with van der Waals surface area (Å²) in [5, 5.41) is 49.4. The molecule has 4 rings (SSSR count). The van der Waals surface area contributed by atoms with Gasteiger partial charge in [-0.2, -0.15) is 0 Å². The number of nitrogens with one attached hydrogen (secondary N) is 2. The number of Topliss-reactive ketones (excluding diaryl/α,β-unsaturated/α-hetero) is 1. The largest absolute Gasteiger partial charge is 0.394 e. The van der Waals surface area contributed by atoms with Gasteiger partial charge in [0.05, 0.1) is 19.7 Å². The van der Waals surface area contributed by atoms with Crippen LogP contribution in [0.3, 0.4) is 0 Å². The number of carbonyl (C=O) groups is 1. The molecule has 0 aliphatic carbocycles. The van der Waals surface area contributed by atoms with E-state index in [1.807, 2.05) is 6.92 Å². The lowest BCUT2D eigenvalue weighted by atomic mass is 9.59. The van der Waals surface area contributed by atoms with Gasteiger partial charge in [-0.15, -0.1) is 0 Å². The highest BCUT2D eigenvalue weighted by Gasteiger charge is 2.70. The quantitative estimate of drug-likeness (QED) is 0.244. The molecule has 0 saturated carbocycles. The van der Waals surface area contributed by atoms with Gasteiger partial charge in [0.25, 0.3) is 0 Å². The molecular formula is C17H32N2O6+2. The molecule has 8 heteroatoms. The van der Waals surface area contributed by atoms with Gasteiger partial charge < -0.3 is 25.5 Å². The summed E-state index contributed by atoms with van der Waals surface area (Å²) >= 11 is 0. The van der Waals surface area contributed by atoms with Crippen LogP contribution in [0.25, 0.3) is 0 Å². The number of quaternary nitrogens is 2. The summed E-state index contributed by atoms with van der Waals surface area (Å²) in [4.78, 5) is 15.2. The first-order valence-electron chi connectivity index (χ1n) is 9.26. The molecule has 0 aromatic carbocycles. The number of carbonyl (C=O) groups excluding carboxylic acids is 1. The van der Waals surface area contributed by atoms with Gasteiger partial charge in [-0.1, -0.05) is 13.3 Å². The normalized spacial score (nSPS) is 44.6. The standard InChI is InChI=1S/C17H30N2O6/c1-3-4-17-8-18-6-16(2,15(17)25)7-19(9-17)14(18)13(24)12(23)11(22)10(21)5-20/h10-14,20-24H,3-9H2,1-2H3/p+2/t10-,11-,12-,13-,14?,16?,17?/m1/s1. The first-order chi connectivity index (χ1) is 11.7. The highest BCUT2D eigenvalue weighted by molar-refractivity contribution is 5.91. The number of rotatable bonds is 7. The topological polar surface area (TPSA) is 127 Å². The van der Waals surface area contributed by atoms with E-state index in [4.69, 9.17) is 5.11 Å². The van der Waals surface area contributed by atoms with Gasteiger partial charge in [0.15, 0.2) is 11.9 Å². The summed E-state index contributed by atoms with van der Waals surface area (Å²) in [6, 6.07) is 0. The third-order valence-corrected chi connectivity index (χ3v) is 6.63. The van der Waals surface area contributed by atoms with E-state index in [0.29, 0.717) is 32.0 Å². The molecule has 0 aromatic heterocycles. The molecule has 0 radical (unpaired) electrons. The average molecular weight is 360 g/mol. The van der Waals surface area contributed by atoms with Crippen LogP contribution in [-0.4, -0.2) is 94.7 Å². The van der Waals surface area contributed by atoms with Crippen LogP contribution in [0, 0.1) is 10.8 Å². The zero-order valence-corrected chi connectivity index (χ0v) is 15.0. The molecule has 2 unspecified atom stereocenters. The van der Waals surface area contributed by atoms with Crippen molar-refractivity contribution in [2.75, 3.05) is 32.8 Å². The molecule has 4 saturated heterocycles. The van der Waals surface area contributed by atoms with Crippen LogP contribution in [-0.2, 0) is 4.79 Å². The summed E-state index contributed by atoms with van der Waals surface area (Å²) in [7, 11) is 0. The minimum atomic E-state index is -1.61. The van der Waals surface area contributed by atoms with Crippen molar-refractivity contribution in [2.45, 2.75) is 57.3 Å². The minimum absolute atomic E-state index is 0.346. The van der Waals surface area contributed by atoms with Crippen LogP contribution in [0.4, 0.5) is 0 Å². The van der Waals surface area contributed by atoms with E-state index in [2.05, 4.69) is 6.92 Å². The molecule has 4 heterocycles. The van der Waals surface area contributed by atoms with Gasteiger partial charge >= 0.3 is 0 Å². The smallest absolute Gasteiger partial charge is 0.242 e. The van der Waals surface area contributed by atoms with Gasteiger partial charge in [0, 0.05) is 0 Å². The zero-order chi connectivity index (χ0) is 18.6. The van der Waals surface area contributed by atoms with E-state index in [9.17, 15) is 25.2 Å². The lowest BCUT2D eigenvalue weighted by Crippen LogP contribution is -3.46. The van der Waals surface area contributed by atoms with Crippen molar-refractivity contribution in [1.82, 2.24) is 0 Å². The Kier molecular flexibility index (Phi) is 5.00. The van der Waals surface area contributed by atoms with Gasteiger partial charge in [0.2, 0.25) is 6.17 Å². The van der Waals surface area contributed by atoms with Gasteiger partial charge in [0.1, 0.15) is 42.2 Å². The summed E-state index contributed by atoms with van der Waals surface area (Å²) in [5.74, 6) is 0.346. The van der Waals surface area contributed by atoms with Crippen molar-refractivity contribution < 1.29 is 40.1 Å². The van der Waals surface area contributed by atoms with Crippen LogP contribution in [0.2, 0.25) is 0 Å². The third kappa shape index (κ3) is 2.84. The molecule has 4 fully saturated rings. The summed E-state index contributed by atoms with van der Waals surface area (Å²) in [5.41, 5.74) is -0.754. The Labute approximate surface area is 147 Å². The molecule has 4 bridgehead atoms. The van der Waals surface area contributed by atoms with Crippen molar-refractivity contribution in [3.63, 3.8) is 0 Å². The number of piperidine rings is 2. The number of hydrogen-bond donors (Lipinski definition) is 7. The second kappa shape index (κ2) is 6.53. The SMILES string of the molecule is CCCC12C[NH+]3CC(C)(C[NH+](C1)C3[C@H](O)[C@H](O)[C@H](O)[C@H](O)CO)C2=O. The van der Waals surface area contributed by atoms with Gasteiger partial charge in [-0.25, -0.2) is 0 Å². The van der Waals surface area contributed by atoms with Crippen LogP contribution in [0.15, 0.2) is 0 Å². The second-order valence-corrected chi connectivity index (χ2v) is 8.64. The molecular weight excluding hydrogens is 328 g/mol. The number of ketones is 1. The van der Waals surface area contributed by atoms with Crippen molar-refractivity contribution >= 4 is 5.78 Å². The number of aliphatic hydroxyl groups is 5. The Morgan fingerprint density at radius 2 is 1.64 bits per heavy atom. The second-order valence-electron chi connectivity index (χ2n) is 8.64. The average Bonchev–Trinajstić information content (AvgIpc) is 2.56. The van der Waals surface area contributed by atoms with E-state index in [1.165, 1.54) is 0 Å². The fourth-order valence-electron chi connectivity index (χ4n) is 5.80. The van der Waals surface area contributed by atoms with E-state index >= 15 is 0 Å². The predicted octanol–water partition coefficient (Wildman–Crippen LogP) is -5.08. The maximum Gasteiger partial charge on any atom is 0.242 e. The van der Waals surface area contributed by atoms with Crippen LogP contribution in [0.1, 0.15) is 26.7 Å². The van der Waals surface area contributed by atoms with Crippen LogP contribution < -0.4 is 9.80 Å². The molecule has 0 spiro atoms. The minimum Gasteiger partial charge on any atom is -0.394 e. The van der Waals surface area contributed by atoms with Crippen molar-refractivity contribution in [2.24, 2.45) is 10.8 Å². The molecule has 8 nitrogen and oxygen atoms in total. The van der Waals surface area contributed by atoms with Crippen molar-refractivity contribution in [1.29, 1.82) is 0 Å². The molecule has 7 N–H and O–H groups in total. The Balaban J connectivity index is 1.82. The maximum atomic E-state index is 13.0. The number of aliphatic hydroxyl groups excluding tert-OH is 5. The van der Waals surface area contributed by atoms with Gasteiger partial charge in [-0.3, -0.25) is 14.6 Å². The first kappa shape index (κ1) is 19.2. The molecule has 144 valence electrons. The maximum absolute atomic E-state index is 13.0. The first-order valence-corrected chi connectivity index (χ1v) is 9.26. The highest BCUT2D eigenvalue weighted by atomic mass is 16.4. The monoisotopic (exact) mass is 360 g/mol. The predicted molar refractivity (Wildman–Crippen MR) is 86.7 cm³/mol. The fraction of sp³-hybridized carbons (Fsp3) is 0.941.